The van der Waals surface area contributed by atoms with Crippen molar-refractivity contribution in [3.05, 3.63) is 95.8 Å². The van der Waals surface area contributed by atoms with Crippen LogP contribution < -0.4 is 0 Å². The summed E-state index contributed by atoms with van der Waals surface area (Å²) in [7, 11) is 0. The lowest BCUT2D eigenvalue weighted by Crippen LogP contribution is -2.28. The van der Waals surface area contributed by atoms with E-state index in [2.05, 4.69) is 20.2 Å². The molecule has 172 valence electrons. The molecule has 4 rings (SSSR count). The second kappa shape index (κ2) is 10.2. The summed E-state index contributed by atoms with van der Waals surface area (Å²) in [4.78, 5) is 21.2. The number of H-pyrrole nitrogens is 1. The van der Waals surface area contributed by atoms with Crippen molar-refractivity contribution in [3.8, 4) is 22.5 Å². The number of pyridine rings is 1. The molecule has 0 aliphatic rings. The highest BCUT2D eigenvalue weighted by Crippen LogP contribution is 2.29. The van der Waals surface area contributed by atoms with Gasteiger partial charge >= 0.3 is 0 Å². The molecule has 0 unspecified atom stereocenters. The van der Waals surface area contributed by atoms with Crippen molar-refractivity contribution in [2.45, 2.75) is 12.5 Å². The quantitative estimate of drug-likeness (QED) is 0.364. The molecule has 0 saturated carbocycles. The van der Waals surface area contributed by atoms with Crippen molar-refractivity contribution in [2.24, 2.45) is 4.99 Å². The number of amides is 1. The van der Waals surface area contributed by atoms with Crippen molar-refractivity contribution in [3.63, 3.8) is 0 Å². The van der Waals surface area contributed by atoms with Gasteiger partial charge in [-0.2, -0.15) is 5.10 Å². The van der Waals surface area contributed by atoms with Crippen LogP contribution in [-0.4, -0.2) is 49.7 Å². The maximum absolute atomic E-state index is 14.9. The van der Waals surface area contributed by atoms with Crippen molar-refractivity contribution >= 4 is 11.6 Å². The van der Waals surface area contributed by atoms with E-state index >= 15 is 0 Å². The summed E-state index contributed by atoms with van der Waals surface area (Å²) in [5.41, 5.74) is 1.70. The third kappa shape index (κ3) is 5.11. The van der Waals surface area contributed by atoms with Crippen LogP contribution in [0.4, 0.5) is 8.78 Å². The van der Waals surface area contributed by atoms with E-state index in [1.165, 1.54) is 42.5 Å². The van der Waals surface area contributed by atoms with Crippen molar-refractivity contribution in [2.75, 3.05) is 6.61 Å². The van der Waals surface area contributed by atoms with Gasteiger partial charge in [0.2, 0.25) is 0 Å². The first-order valence-corrected chi connectivity index (χ1v) is 10.4. The van der Waals surface area contributed by atoms with Crippen LogP contribution in [0.2, 0.25) is 0 Å². The van der Waals surface area contributed by atoms with E-state index < -0.39 is 30.3 Å². The van der Waals surface area contributed by atoms with Crippen LogP contribution in [0.5, 0.6) is 0 Å². The van der Waals surface area contributed by atoms with Crippen LogP contribution in [0, 0.1) is 11.6 Å². The van der Waals surface area contributed by atoms with Crippen LogP contribution in [0.1, 0.15) is 16.1 Å². The van der Waals surface area contributed by atoms with Gasteiger partial charge in [0, 0.05) is 29.4 Å². The fraction of sp³-hybridized carbons (Fsp3) is 0.120. The highest BCUT2D eigenvalue weighted by Gasteiger charge is 2.21. The zero-order valence-electron chi connectivity index (χ0n) is 17.8. The van der Waals surface area contributed by atoms with Crippen molar-refractivity contribution in [1.82, 2.24) is 15.2 Å². The van der Waals surface area contributed by atoms with E-state index in [1.54, 1.807) is 30.5 Å². The van der Waals surface area contributed by atoms with Crippen LogP contribution >= 0.6 is 0 Å². The summed E-state index contributed by atoms with van der Waals surface area (Å²) in [6, 6.07) is 16.3. The number of carbonyl (C=O) groups is 1. The molecule has 0 aliphatic carbocycles. The smallest absolute Gasteiger partial charge is 0.277 e. The van der Waals surface area contributed by atoms with Crippen LogP contribution in [-0.2, 0) is 6.42 Å². The summed E-state index contributed by atoms with van der Waals surface area (Å²) in [5.74, 6) is -1.87. The maximum atomic E-state index is 14.9. The molecule has 1 atom stereocenters. The number of carbonyl (C=O) groups excluding carboxylic acids is 1. The topological polar surface area (TPSA) is 111 Å². The predicted octanol–water partition coefficient (Wildman–Crippen LogP) is 3.59. The molecule has 0 fully saturated rings. The standard InChI is InChI=1S/C25H20F2N4O3/c26-16-9-7-15(8-10-16)20-13-22(31-30-20)24-18(5-3-6-19(24)27)25(34)29-21(23(33)14-32)12-17-4-1-2-11-28-17/h1-11,13,23,32-33H,12,14H2,(H,30,31)/t23-/m1/s1. The molecule has 0 saturated heterocycles. The van der Waals surface area contributed by atoms with E-state index in [1.807, 2.05) is 0 Å². The first-order valence-electron chi connectivity index (χ1n) is 10.4. The Hall–Kier alpha value is -4.08. The number of aromatic nitrogens is 3. The second-order valence-corrected chi connectivity index (χ2v) is 7.44. The Morgan fingerprint density at radius 3 is 2.56 bits per heavy atom. The second-order valence-electron chi connectivity index (χ2n) is 7.44. The summed E-state index contributed by atoms with van der Waals surface area (Å²) in [6.45, 7) is -0.642. The number of nitrogens with one attached hydrogen (secondary N) is 1. The molecule has 2 heterocycles. The highest BCUT2D eigenvalue weighted by atomic mass is 19.1. The number of halogens is 2. The molecule has 34 heavy (non-hydrogen) atoms. The number of aromatic amines is 1. The van der Waals surface area contributed by atoms with Gasteiger partial charge in [-0.25, -0.2) is 13.8 Å². The number of hydrogen-bond donors (Lipinski definition) is 3. The number of aliphatic imine (C=N–C) groups is 1. The molecule has 7 nitrogen and oxygen atoms in total. The van der Waals surface area contributed by atoms with Gasteiger partial charge in [-0.15, -0.1) is 0 Å². The molecule has 0 spiro atoms. The van der Waals surface area contributed by atoms with E-state index in [9.17, 15) is 23.8 Å². The SMILES string of the molecule is O=C(N=C(Cc1ccccn1)[C@H](O)CO)c1cccc(F)c1-c1cc(-c2ccc(F)cc2)n[nH]1. The number of hydrogen-bond acceptors (Lipinski definition) is 5. The summed E-state index contributed by atoms with van der Waals surface area (Å²) in [5, 5.41) is 26.5. The zero-order valence-corrected chi connectivity index (χ0v) is 17.8. The van der Waals surface area contributed by atoms with Crippen molar-refractivity contribution < 1.29 is 23.8 Å². The lowest BCUT2D eigenvalue weighted by atomic mass is 10.0. The molecular formula is C25H20F2N4O3. The largest absolute Gasteiger partial charge is 0.393 e. The predicted molar refractivity (Wildman–Crippen MR) is 122 cm³/mol. The molecule has 0 aliphatic heterocycles. The first kappa shape index (κ1) is 23.1. The van der Waals surface area contributed by atoms with E-state index in [-0.39, 0.29) is 29.0 Å². The summed E-state index contributed by atoms with van der Waals surface area (Å²) in [6.07, 6.45) is 0.194. The third-order valence-electron chi connectivity index (χ3n) is 5.12. The Kier molecular flexibility index (Phi) is 6.95. The molecule has 4 aromatic rings. The van der Waals surface area contributed by atoms with Gasteiger partial charge < -0.3 is 10.2 Å². The number of aliphatic hydroxyl groups excluding tert-OH is 2. The van der Waals surface area contributed by atoms with Gasteiger partial charge in [0.05, 0.1) is 29.3 Å². The van der Waals surface area contributed by atoms with Gasteiger partial charge in [-0.05, 0) is 54.6 Å². The molecule has 0 bridgehead atoms. The molecular weight excluding hydrogens is 442 g/mol. The number of aliphatic hydroxyl groups is 2. The van der Waals surface area contributed by atoms with Gasteiger partial charge in [0.25, 0.3) is 5.91 Å². The molecule has 0 radical (unpaired) electrons. The Morgan fingerprint density at radius 2 is 1.85 bits per heavy atom. The molecule has 2 aromatic carbocycles. The highest BCUT2D eigenvalue weighted by molar-refractivity contribution is 6.08. The molecule has 3 N–H and O–H groups in total. The van der Waals surface area contributed by atoms with Gasteiger partial charge in [0.15, 0.2) is 0 Å². The lowest BCUT2D eigenvalue weighted by Gasteiger charge is -2.12. The zero-order chi connectivity index (χ0) is 24.1. The molecule has 9 heteroatoms. The fourth-order valence-corrected chi connectivity index (χ4v) is 3.41. The Balaban J connectivity index is 1.71. The minimum Gasteiger partial charge on any atom is -0.393 e. The Morgan fingerprint density at radius 1 is 1.06 bits per heavy atom. The fourth-order valence-electron chi connectivity index (χ4n) is 3.41. The third-order valence-corrected chi connectivity index (χ3v) is 5.12. The number of rotatable bonds is 7. The Bertz CT molecular complexity index is 1320. The van der Waals surface area contributed by atoms with E-state index in [4.69, 9.17) is 0 Å². The van der Waals surface area contributed by atoms with Crippen LogP contribution in [0.3, 0.4) is 0 Å². The summed E-state index contributed by atoms with van der Waals surface area (Å²) < 4.78 is 28.1. The number of benzene rings is 2. The van der Waals surface area contributed by atoms with Gasteiger partial charge in [0.1, 0.15) is 17.7 Å². The molecule has 2 aromatic heterocycles. The van der Waals surface area contributed by atoms with E-state index in [0.717, 1.165) is 0 Å². The van der Waals surface area contributed by atoms with Gasteiger partial charge in [-0.3, -0.25) is 14.9 Å². The minimum atomic E-state index is -1.39. The first-order chi connectivity index (χ1) is 16.5. The minimum absolute atomic E-state index is 0.00183. The molecule has 1 amide bonds. The average molecular weight is 462 g/mol. The summed E-state index contributed by atoms with van der Waals surface area (Å²) >= 11 is 0. The van der Waals surface area contributed by atoms with E-state index in [0.29, 0.717) is 17.0 Å². The normalized spacial score (nSPS) is 12.5. The van der Waals surface area contributed by atoms with Gasteiger partial charge in [-0.1, -0.05) is 12.1 Å². The number of nitrogens with zero attached hydrogens (tertiary/aromatic N) is 3. The van der Waals surface area contributed by atoms with Crippen molar-refractivity contribution in [1.29, 1.82) is 0 Å². The Labute approximate surface area is 193 Å². The average Bonchev–Trinajstić information content (AvgIpc) is 3.33. The maximum Gasteiger partial charge on any atom is 0.277 e. The van der Waals surface area contributed by atoms with Crippen LogP contribution in [0.25, 0.3) is 22.5 Å². The van der Waals surface area contributed by atoms with Crippen LogP contribution in [0.15, 0.2) is 77.9 Å². The lowest BCUT2D eigenvalue weighted by molar-refractivity contribution is 0.0997. The monoisotopic (exact) mass is 462 g/mol.